The predicted octanol–water partition coefficient (Wildman–Crippen LogP) is 4.11. The van der Waals surface area contributed by atoms with Gasteiger partial charge in [-0.25, -0.2) is 0 Å². The molecule has 1 saturated heterocycles. The van der Waals surface area contributed by atoms with Gasteiger partial charge in [0.15, 0.2) is 10.4 Å². The average Bonchev–Trinajstić information content (AvgIpc) is 3.02. The molecule has 0 N–H and O–H groups in total. The van der Waals surface area contributed by atoms with Crippen LogP contribution < -0.4 is 0 Å². The lowest BCUT2D eigenvalue weighted by molar-refractivity contribution is 0.0460. The van der Waals surface area contributed by atoms with Crippen LogP contribution in [0.1, 0.15) is 29.0 Å². The number of nitrogens with zero attached hydrogens (tertiary/aromatic N) is 1. The SMILES string of the molecule is O=C(c1ccc(Br)o1)N1CCC(COCc2ccccc2)CC1. The predicted molar refractivity (Wildman–Crippen MR) is 91.1 cm³/mol. The maximum Gasteiger partial charge on any atom is 0.289 e. The maximum atomic E-state index is 12.3. The van der Waals surface area contributed by atoms with Crippen LogP contribution in [0.4, 0.5) is 0 Å². The Balaban J connectivity index is 1.41. The highest BCUT2D eigenvalue weighted by atomic mass is 79.9. The molecule has 0 bridgehead atoms. The minimum Gasteiger partial charge on any atom is -0.444 e. The molecule has 0 atom stereocenters. The quantitative estimate of drug-likeness (QED) is 0.787. The molecule has 3 rings (SSSR count). The maximum absolute atomic E-state index is 12.3. The molecule has 122 valence electrons. The second-order valence-corrected chi connectivity index (χ2v) is 6.62. The van der Waals surface area contributed by atoms with Gasteiger partial charge in [0, 0.05) is 19.7 Å². The summed E-state index contributed by atoms with van der Waals surface area (Å²) in [6, 6.07) is 13.7. The first kappa shape index (κ1) is 16.3. The fourth-order valence-electron chi connectivity index (χ4n) is 2.81. The molecule has 2 heterocycles. The smallest absolute Gasteiger partial charge is 0.289 e. The molecule has 1 aromatic heterocycles. The fourth-order valence-corrected chi connectivity index (χ4v) is 3.11. The van der Waals surface area contributed by atoms with Crippen LogP contribution in [0.25, 0.3) is 0 Å². The topological polar surface area (TPSA) is 42.7 Å². The molecule has 0 radical (unpaired) electrons. The molecule has 0 aliphatic carbocycles. The monoisotopic (exact) mass is 377 g/mol. The van der Waals surface area contributed by atoms with Crippen LogP contribution in [-0.2, 0) is 11.3 Å². The van der Waals surface area contributed by atoms with Gasteiger partial charge in [-0.1, -0.05) is 30.3 Å². The third-order valence-corrected chi connectivity index (χ3v) is 4.58. The largest absolute Gasteiger partial charge is 0.444 e. The second kappa shape index (κ2) is 7.79. The minimum absolute atomic E-state index is 0.0284. The van der Waals surface area contributed by atoms with Crippen LogP contribution in [0.5, 0.6) is 0 Å². The van der Waals surface area contributed by atoms with Gasteiger partial charge in [0.2, 0.25) is 0 Å². The van der Waals surface area contributed by atoms with Crippen LogP contribution >= 0.6 is 15.9 Å². The number of ether oxygens (including phenoxy) is 1. The van der Waals surface area contributed by atoms with E-state index in [0.29, 0.717) is 23.0 Å². The van der Waals surface area contributed by atoms with E-state index in [1.807, 2.05) is 23.1 Å². The van der Waals surface area contributed by atoms with Gasteiger partial charge < -0.3 is 14.1 Å². The molecule has 1 fully saturated rings. The summed E-state index contributed by atoms with van der Waals surface area (Å²) in [5, 5.41) is 0. The number of hydrogen-bond acceptors (Lipinski definition) is 3. The summed E-state index contributed by atoms with van der Waals surface area (Å²) >= 11 is 3.23. The lowest BCUT2D eigenvalue weighted by Gasteiger charge is -2.31. The van der Waals surface area contributed by atoms with Crippen LogP contribution in [0.15, 0.2) is 51.6 Å². The van der Waals surface area contributed by atoms with E-state index in [1.54, 1.807) is 12.1 Å². The Labute approximate surface area is 144 Å². The van der Waals surface area contributed by atoms with Crippen molar-refractivity contribution in [1.29, 1.82) is 0 Å². The number of likely N-dealkylation sites (tertiary alicyclic amines) is 1. The van der Waals surface area contributed by atoms with E-state index in [2.05, 4.69) is 28.1 Å². The Hall–Kier alpha value is -1.59. The van der Waals surface area contributed by atoms with Gasteiger partial charge in [0.05, 0.1) is 6.61 Å². The van der Waals surface area contributed by atoms with Crippen LogP contribution in [0.2, 0.25) is 0 Å². The van der Waals surface area contributed by atoms with Crippen LogP contribution in [0.3, 0.4) is 0 Å². The summed E-state index contributed by atoms with van der Waals surface area (Å²) < 4.78 is 11.7. The molecule has 1 aromatic carbocycles. The van der Waals surface area contributed by atoms with Crippen molar-refractivity contribution >= 4 is 21.8 Å². The summed E-state index contributed by atoms with van der Waals surface area (Å²) in [5.74, 6) is 0.890. The van der Waals surface area contributed by atoms with Gasteiger partial charge in [-0.3, -0.25) is 4.79 Å². The Kier molecular flexibility index (Phi) is 5.51. The van der Waals surface area contributed by atoms with Crippen molar-refractivity contribution in [2.75, 3.05) is 19.7 Å². The molecule has 23 heavy (non-hydrogen) atoms. The van der Waals surface area contributed by atoms with E-state index in [4.69, 9.17) is 9.15 Å². The minimum atomic E-state index is -0.0284. The van der Waals surface area contributed by atoms with Crippen molar-refractivity contribution in [2.24, 2.45) is 5.92 Å². The Bertz CT molecular complexity index is 633. The number of carbonyl (C=O) groups is 1. The van der Waals surface area contributed by atoms with E-state index in [1.165, 1.54) is 5.56 Å². The van der Waals surface area contributed by atoms with E-state index < -0.39 is 0 Å². The van der Waals surface area contributed by atoms with Gasteiger partial charge in [-0.2, -0.15) is 0 Å². The molecule has 0 saturated carbocycles. The van der Waals surface area contributed by atoms with Crippen molar-refractivity contribution in [3.05, 3.63) is 58.5 Å². The van der Waals surface area contributed by atoms with Gasteiger partial charge in [-0.15, -0.1) is 0 Å². The van der Waals surface area contributed by atoms with E-state index in [-0.39, 0.29) is 5.91 Å². The molecule has 5 heteroatoms. The number of piperidine rings is 1. The average molecular weight is 378 g/mol. The van der Waals surface area contributed by atoms with Crippen molar-refractivity contribution in [2.45, 2.75) is 19.4 Å². The highest BCUT2D eigenvalue weighted by Gasteiger charge is 2.25. The van der Waals surface area contributed by atoms with Crippen LogP contribution in [0, 0.1) is 5.92 Å². The number of benzene rings is 1. The molecule has 0 unspecified atom stereocenters. The zero-order valence-electron chi connectivity index (χ0n) is 12.9. The number of halogens is 1. The lowest BCUT2D eigenvalue weighted by atomic mass is 9.97. The summed E-state index contributed by atoms with van der Waals surface area (Å²) in [7, 11) is 0. The number of amides is 1. The number of carbonyl (C=O) groups excluding carboxylic acids is 1. The first-order valence-electron chi connectivity index (χ1n) is 7.88. The normalized spacial score (nSPS) is 15.8. The Morgan fingerprint density at radius 3 is 2.57 bits per heavy atom. The summed E-state index contributed by atoms with van der Waals surface area (Å²) in [5.41, 5.74) is 1.20. The molecule has 1 aliphatic rings. The van der Waals surface area contributed by atoms with Gasteiger partial charge >= 0.3 is 0 Å². The highest BCUT2D eigenvalue weighted by Crippen LogP contribution is 2.21. The summed E-state index contributed by atoms with van der Waals surface area (Å²) in [4.78, 5) is 14.2. The Morgan fingerprint density at radius 1 is 1.17 bits per heavy atom. The third kappa shape index (κ3) is 4.45. The molecule has 4 nitrogen and oxygen atoms in total. The summed E-state index contributed by atoms with van der Waals surface area (Å²) in [6.07, 6.45) is 1.95. The molecule has 2 aromatic rings. The lowest BCUT2D eigenvalue weighted by Crippen LogP contribution is -2.39. The molecule has 1 aliphatic heterocycles. The first-order valence-corrected chi connectivity index (χ1v) is 8.68. The number of hydrogen-bond donors (Lipinski definition) is 0. The van der Waals surface area contributed by atoms with Crippen LogP contribution in [-0.4, -0.2) is 30.5 Å². The first-order chi connectivity index (χ1) is 11.2. The van der Waals surface area contributed by atoms with Crippen molar-refractivity contribution < 1.29 is 13.9 Å². The fraction of sp³-hybridized carbons (Fsp3) is 0.389. The zero-order valence-corrected chi connectivity index (χ0v) is 14.5. The number of furan rings is 1. The molecular formula is C18H20BrNO3. The van der Waals surface area contributed by atoms with E-state index in [0.717, 1.165) is 32.5 Å². The van der Waals surface area contributed by atoms with Gasteiger partial charge in [0.1, 0.15) is 0 Å². The molecular weight excluding hydrogens is 358 g/mol. The number of rotatable bonds is 5. The van der Waals surface area contributed by atoms with Gasteiger partial charge in [-0.05, 0) is 52.4 Å². The van der Waals surface area contributed by atoms with Crippen molar-refractivity contribution in [3.63, 3.8) is 0 Å². The highest BCUT2D eigenvalue weighted by molar-refractivity contribution is 9.10. The summed E-state index contributed by atoms with van der Waals surface area (Å²) in [6.45, 7) is 2.93. The second-order valence-electron chi connectivity index (χ2n) is 5.84. The Morgan fingerprint density at radius 2 is 1.91 bits per heavy atom. The van der Waals surface area contributed by atoms with Gasteiger partial charge in [0.25, 0.3) is 5.91 Å². The zero-order chi connectivity index (χ0) is 16.1. The van der Waals surface area contributed by atoms with Crippen molar-refractivity contribution in [1.82, 2.24) is 4.90 Å². The van der Waals surface area contributed by atoms with E-state index >= 15 is 0 Å². The molecule has 1 amide bonds. The standard InChI is InChI=1S/C18H20BrNO3/c19-17-7-6-16(23-17)18(21)20-10-8-15(9-11-20)13-22-12-14-4-2-1-3-5-14/h1-7,15H,8-13H2. The van der Waals surface area contributed by atoms with Crippen molar-refractivity contribution in [3.8, 4) is 0 Å². The van der Waals surface area contributed by atoms with E-state index in [9.17, 15) is 4.79 Å². The molecule has 0 spiro atoms. The third-order valence-electron chi connectivity index (χ3n) is 4.15.